The third kappa shape index (κ3) is 4.04. The minimum atomic E-state index is -2.88. The first-order valence-corrected chi connectivity index (χ1v) is 8.03. The summed E-state index contributed by atoms with van der Waals surface area (Å²) < 4.78 is 23.0. The number of rotatable bonds is 3. The lowest BCUT2D eigenvalue weighted by molar-refractivity contribution is 0.0697. The summed E-state index contributed by atoms with van der Waals surface area (Å²) >= 11 is 0. The lowest BCUT2D eigenvalue weighted by Crippen LogP contribution is -2.26. The van der Waals surface area contributed by atoms with E-state index in [1.807, 2.05) is 0 Å². The highest BCUT2D eigenvalue weighted by Gasteiger charge is 2.19. The Hall–Kier alpha value is -1.40. The molecule has 1 fully saturated rings. The molecule has 0 amide bonds. The monoisotopic (exact) mass is 283 g/mol. The third-order valence-corrected chi connectivity index (χ3v) is 4.97. The molecule has 1 aromatic carbocycles. The Morgan fingerprint density at radius 2 is 1.84 bits per heavy atom. The van der Waals surface area contributed by atoms with Crippen molar-refractivity contribution in [3.63, 3.8) is 0 Å². The summed E-state index contributed by atoms with van der Waals surface area (Å²) in [5, 5.41) is 8.81. The Kier molecular flexibility index (Phi) is 4.21. The Morgan fingerprint density at radius 3 is 2.47 bits per heavy atom. The van der Waals surface area contributed by atoms with Crippen molar-refractivity contribution in [1.82, 2.24) is 4.90 Å². The van der Waals surface area contributed by atoms with E-state index in [1.165, 1.54) is 0 Å². The molecule has 0 saturated carbocycles. The molecule has 2 rings (SSSR count). The zero-order chi connectivity index (χ0) is 13.9. The van der Waals surface area contributed by atoms with Crippen LogP contribution in [0.3, 0.4) is 0 Å². The summed E-state index contributed by atoms with van der Waals surface area (Å²) in [6.07, 6.45) is 0.662. The van der Waals surface area contributed by atoms with Crippen LogP contribution in [0.2, 0.25) is 0 Å². The molecule has 104 valence electrons. The number of hydrogen-bond donors (Lipinski definition) is 1. The molecule has 0 aromatic heterocycles. The van der Waals surface area contributed by atoms with E-state index in [0.717, 1.165) is 12.1 Å². The number of carboxylic acid groups (broad SMARTS) is 1. The molecule has 1 aliphatic heterocycles. The van der Waals surface area contributed by atoms with Crippen molar-refractivity contribution in [3.8, 4) is 0 Å². The van der Waals surface area contributed by atoms with E-state index in [-0.39, 0.29) is 17.1 Å². The molecule has 0 atom stereocenters. The first-order valence-electron chi connectivity index (χ1n) is 6.21. The molecule has 0 spiro atoms. The van der Waals surface area contributed by atoms with Gasteiger partial charge in [0.25, 0.3) is 0 Å². The topological polar surface area (TPSA) is 74.7 Å². The highest BCUT2D eigenvalue weighted by atomic mass is 32.2. The standard InChI is InChI=1S/C13H17NO4S/c15-13(16)12-4-2-11(3-5-12)10-14-6-1-8-19(17,18)9-7-14/h2-5H,1,6-10H2,(H,15,16). The SMILES string of the molecule is O=C(O)c1ccc(CN2CCCS(=O)(=O)CC2)cc1. The van der Waals surface area contributed by atoms with E-state index in [2.05, 4.69) is 4.90 Å². The molecule has 0 bridgehead atoms. The van der Waals surface area contributed by atoms with Gasteiger partial charge in [0.2, 0.25) is 0 Å². The minimum Gasteiger partial charge on any atom is -0.478 e. The molecule has 1 heterocycles. The van der Waals surface area contributed by atoms with Crippen molar-refractivity contribution in [2.45, 2.75) is 13.0 Å². The van der Waals surface area contributed by atoms with Crippen molar-refractivity contribution < 1.29 is 18.3 Å². The van der Waals surface area contributed by atoms with Crippen LogP contribution >= 0.6 is 0 Å². The fraction of sp³-hybridized carbons (Fsp3) is 0.462. The number of hydrogen-bond acceptors (Lipinski definition) is 4. The summed E-state index contributed by atoms with van der Waals surface area (Å²) in [6, 6.07) is 6.71. The maximum Gasteiger partial charge on any atom is 0.335 e. The third-order valence-electron chi connectivity index (χ3n) is 3.26. The molecule has 1 saturated heterocycles. The lowest BCUT2D eigenvalue weighted by Gasteiger charge is -2.19. The van der Waals surface area contributed by atoms with Crippen LogP contribution in [0.1, 0.15) is 22.3 Å². The predicted octanol–water partition coefficient (Wildman–Crippen LogP) is 1.01. The van der Waals surface area contributed by atoms with Gasteiger partial charge in [-0.1, -0.05) is 12.1 Å². The first kappa shape index (κ1) is 14.0. The van der Waals surface area contributed by atoms with Gasteiger partial charge in [-0.05, 0) is 30.7 Å². The lowest BCUT2D eigenvalue weighted by atomic mass is 10.1. The molecular formula is C13H17NO4S. The molecule has 6 heteroatoms. The van der Waals surface area contributed by atoms with Crippen molar-refractivity contribution in [3.05, 3.63) is 35.4 Å². The van der Waals surface area contributed by atoms with Gasteiger partial charge in [-0.25, -0.2) is 13.2 Å². The maximum absolute atomic E-state index is 11.5. The average Bonchev–Trinajstić information content (AvgIpc) is 2.52. The Bertz CT molecular complexity index is 551. The smallest absolute Gasteiger partial charge is 0.335 e. The Morgan fingerprint density at radius 1 is 1.16 bits per heavy atom. The predicted molar refractivity (Wildman–Crippen MR) is 71.9 cm³/mol. The maximum atomic E-state index is 11.5. The molecule has 5 nitrogen and oxygen atoms in total. The Balaban J connectivity index is 1.99. The van der Waals surface area contributed by atoms with Gasteiger partial charge >= 0.3 is 5.97 Å². The molecular weight excluding hydrogens is 266 g/mol. The van der Waals surface area contributed by atoms with Crippen molar-refractivity contribution >= 4 is 15.8 Å². The fourth-order valence-corrected chi connectivity index (χ4v) is 3.47. The second-order valence-corrected chi connectivity index (χ2v) is 7.09. The van der Waals surface area contributed by atoms with Crippen LogP contribution in [0.25, 0.3) is 0 Å². The normalized spacial score (nSPS) is 19.8. The second-order valence-electron chi connectivity index (χ2n) is 4.78. The van der Waals surface area contributed by atoms with Crippen molar-refractivity contribution in [2.24, 2.45) is 0 Å². The van der Waals surface area contributed by atoms with Gasteiger partial charge in [0, 0.05) is 13.1 Å². The second kappa shape index (κ2) is 5.71. The van der Waals surface area contributed by atoms with E-state index in [9.17, 15) is 13.2 Å². The van der Waals surface area contributed by atoms with Gasteiger partial charge in [0.05, 0.1) is 17.1 Å². The minimum absolute atomic E-state index is 0.209. The first-order chi connectivity index (χ1) is 8.96. The number of nitrogens with zero attached hydrogens (tertiary/aromatic N) is 1. The average molecular weight is 283 g/mol. The highest BCUT2D eigenvalue weighted by Crippen LogP contribution is 2.11. The summed E-state index contributed by atoms with van der Waals surface area (Å²) in [6.45, 7) is 1.97. The zero-order valence-electron chi connectivity index (χ0n) is 10.6. The van der Waals surface area contributed by atoms with Crippen LogP contribution < -0.4 is 0 Å². The van der Waals surface area contributed by atoms with Gasteiger partial charge in [-0.3, -0.25) is 4.90 Å². The molecule has 0 unspecified atom stereocenters. The van der Waals surface area contributed by atoms with Crippen LogP contribution in [0.15, 0.2) is 24.3 Å². The van der Waals surface area contributed by atoms with Gasteiger partial charge in [0.1, 0.15) is 0 Å². The van der Waals surface area contributed by atoms with Crippen LogP contribution in [0.4, 0.5) is 0 Å². The number of sulfone groups is 1. The highest BCUT2D eigenvalue weighted by molar-refractivity contribution is 7.91. The van der Waals surface area contributed by atoms with E-state index in [1.54, 1.807) is 24.3 Å². The van der Waals surface area contributed by atoms with E-state index < -0.39 is 15.8 Å². The van der Waals surface area contributed by atoms with Gasteiger partial charge < -0.3 is 5.11 Å². The molecule has 0 aliphatic carbocycles. The number of aromatic carboxylic acids is 1. The summed E-state index contributed by atoms with van der Waals surface area (Å²) in [4.78, 5) is 12.8. The van der Waals surface area contributed by atoms with Crippen LogP contribution in [0, 0.1) is 0 Å². The van der Waals surface area contributed by atoms with Crippen molar-refractivity contribution in [2.75, 3.05) is 24.6 Å². The molecule has 1 N–H and O–H groups in total. The fourth-order valence-electron chi connectivity index (χ4n) is 2.16. The largest absolute Gasteiger partial charge is 0.478 e. The molecule has 1 aromatic rings. The number of carbonyl (C=O) groups is 1. The van der Waals surface area contributed by atoms with E-state index in [4.69, 9.17) is 5.11 Å². The van der Waals surface area contributed by atoms with Gasteiger partial charge in [0.15, 0.2) is 9.84 Å². The van der Waals surface area contributed by atoms with Crippen LogP contribution in [-0.4, -0.2) is 49.0 Å². The van der Waals surface area contributed by atoms with Gasteiger partial charge in [-0.15, -0.1) is 0 Å². The molecule has 19 heavy (non-hydrogen) atoms. The Labute approximate surface area is 112 Å². The van der Waals surface area contributed by atoms with Gasteiger partial charge in [-0.2, -0.15) is 0 Å². The van der Waals surface area contributed by atoms with Crippen LogP contribution in [-0.2, 0) is 16.4 Å². The summed E-state index contributed by atoms with van der Waals surface area (Å²) in [7, 11) is -2.88. The molecule has 1 aliphatic rings. The zero-order valence-corrected chi connectivity index (χ0v) is 11.4. The molecule has 0 radical (unpaired) electrons. The number of benzene rings is 1. The van der Waals surface area contributed by atoms with E-state index >= 15 is 0 Å². The quantitative estimate of drug-likeness (QED) is 0.896. The van der Waals surface area contributed by atoms with Crippen LogP contribution in [0.5, 0.6) is 0 Å². The van der Waals surface area contributed by atoms with E-state index in [0.29, 0.717) is 19.5 Å². The summed E-state index contributed by atoms with van der Waals surface area (Å²) in [5.74, 6) is -0.464. The van der Waals surface area contributed by atoms with Crippen molar-refractivity contribution in [1.29, 1.82) is 0 Å². The summed E-state index contributed by atoms with van der Waals surface area (Å²) in [5.41, 5.74) is 1.27. The number of carboxylic acids is 1.